The van der Waals surface area contributed by atoms with Gasteiger partial charge in [0.15, 0.2) is 0 Å². The highest BCUT2D eigenvalue weighted by Gasteiger charge is 2.37. The summed E-state index contributed by atoms with van der Waals surface area (Å²) in [5.41, 5.74) is -2.64. The summed E-state index contributed by atoms with van der Waals surface area (Å²) in [6, 6.07) is 15.6. The Labute approximate surface area is 362 Å². The molecule has 0 fully saturated rings. The number of hydrogen-bond donors (Lipinski definition) is 4. The van der Waals surface area contributed by atoms with Gasteiger partial charge in [-0.05, 0) is 149 Å². The van der Waals surface area contributed by atoms with Crippen LogP contribution in [0.3, 0.4) is 0 Å². The van der Waals surface area contributed by atoms with Gasteiger partial charge < -0.3 is 28.8 Å². The van der Waals surface area contributed by atoms with E-state index in [1.165, 1.54) is 72.8 Å². The smallest absolute Gasteiger partial charge is 0.425 e. The number of carbonyl (C=O) groups excluding carboxylic acids is 5. The molecule has 0 saturated carbocycles. The summed E-state index contributed by atoms with van der Waals surface area (Å²) in [5, 5.41) is 14.5. The third kappa shape index (κ3) is 18.2. The average molecular weight is 884 g/mol. The largest absolute Gasteiger partial charge is 0.508 e. The van der Waals surface area contributed by atoms with Gasteiger partial charge >= 0.3 is 40.4 Å². The van der Waals surface area contributed by atoms with Crippen LogP contribution in [0.25, 0.3) is 0 Å². The number of aromatic hydroxyl groups is 1. The molecule has 0 aliphatic rings. The fraction of sp³-hybridized carbons (Fsp3) is 0.442. The predicted octanol–water partition coefficient (Wildman–Crippen LogP) is 7.17. The van der Waals surface area contributed by atoms with Crippen molar-refractivity contribution < 1.29 is 61.2 Å². The maximum Gasteiger partial charge on any atom is 0.425 e. The molecular formula is C43H57N5O13S. The standard InChI is InChI=1S/C43H57N5O13S/c1-40(2,3)58-35(51)33(25-27-13-21-31(49)22-14-27)47-62(55,56)48(39(54)61-43(10,11)12)26-28-15-23-32(24-16-28)57-34(50)29-17-19-30(20-18-29)44-36(45-37(52)59-41(4,5)6)46-38(53)60-42(7,8)9/h13-24,33,47,49H,25-26H2,1-12H3,(H2,44,45,46,52,53)/t33-/m0/s1. The summed E-state index contributed by atoms with van der Waals surface area (Å²) in [5.74, 6) is -1.92. The number of carbonyl (C=O) groups is 5. The lowest BCUT2D eigenvalue weighted by molar-refractivity contribution is -0.157. The highest BCUT2D eigenvalue weighted by Crippen LogP contribution is 2.22. The SMILES string of the molecule is CC(C)(C)OC(=O)NC(=Nc1ccc(C(=O)Oc2ccc(CN(C(=O)OC(C)(C)C)S(=O)(=O)N[C@@H](Cc3ccc(O)cc3)C(=O)OC(C)(C)C)cc2)cc1)NC(=O)OC(C)(C)C. The van der Waals surface area contributed by atoms with Crippen molar-refractivity contribution in [2.24, 2.45) is 4.99 Å². The van der Waals surface area contributed by atoms with Crippen LogP contribution in [0.2, 0.25) is 0 Å². The molecule has 62 heavy (non-hydrogen) atoms. The van der Waals surface area contributed by atoms with E-state index in [0.717, 1.165) is 0 Å². The first-order chi connectivity index (χ1) is 28.4. The monoisotopic (exact) mass is 883 g/mol. The van der Waals surface area contributed by atoms with Crippen LogP contribution in [-0.4, -0.2) is 82.5 Å². The zero-order valence-electron chi connectivity index (χ0n) is 37.1. The first kappa shape index (κ1) is 50.1. The molecular weight excluding hydrogens is 827 g/mol. The summed E-state index contributed by atoms with van der Waals surface area (Å²) >= 11 is 0. The van der Waals surface area contributed by atoms with Crippen LogP contribution in [-0.2, 0) is 46.9 Å². The van der Waals surface area contributed by atoms with E-state index in [2.05, 4.69) is 20.3 Å². The van der Waals surface area contributed by atoms with Crippen molar-refractivity contribution in [3.63, 3.8) is 0 Å². The molecule has 0 aliphatic carbocycles. The summed E-state index contributed by atoms with van der Waals surface area (Å²) in [6.07, 6.45) is -3.18. The van der Waals surface area contributed by atoms with E-state index in [1.807, 2.05) is 0 Å². The second-order valence-electron chi connectivity index (χ2n) is 17.9. The molecule has 3 aromatic rings. The molecule has 3 rings (SSSR count). The van der Waals surface area contributed by atoms with Crippen molar-refractivity contribution in [2.75, 3.05) is 0 Å². The van der Waals surface area contributed by atoms with E-state index >= 15 is 0 Å². The lowest BCUT2D eigenvalue weighted by atomic mass is 10.1. The topological polar surface area (TPSA) is 238 Å². The number of nitrogens with zero attached hydrogens (tertiary/aromatic N) is 2. The summed E-state index contributed by atoms with van der Waals surface area (Å²) in [7, 11) is -4.81. The molecule has 0 heterocycles. The molecule has 3 aromatic carbocycles. The molecule has 1 atom stereocenters. The molecule has 0 radical (unpaired) electrons. The van der Waals surface area contributed by atoms with Crippen molar-refractivity contribution in [2.45, 2.75) is 124 Å². The number of rotatable bonds is 11. The number of aliphatic imine (C=N–C) groups is 1. The lowest BCUT2D eigenvalue weighted by Crippen LogP contribution is -2.52. The number of phenols is 1. The predicted molar refractivity (Wildman–Crippen MR) is 229 cm³/mol. The Morgan fingerprint density at radius 1 is 0.645 bits per heavy atom. The van der Waals surface area contributed by atoms with E-state index < -0.39 is 75.4 Å². The minimum Gasteiger partial charge on any atom is -0.508 e. The van der Waals surface area contributed by atoms with Crippen LogP contribution in [0, 0.1) is 0 Å². The van der Waals surface area contributed by atoms with Crippen molar-refractivity contribution in [3.8, 4) is 11.5 Å². The first-order valence-corrected chi connectivity index (χ1v) is 20.8. The number of esters is 2. The van der Waals surface area contributed by atoms with Crippen LogP contribution >= 0.6 is 0 Å². The van der Waals surface area contributed by atoms with Crippen molar-refractivity contribution in [3.05, 3.63) is 89.5 Å². The molecule has 0 aromatic heterocycles. The third-order valence-electron chi connectivity index (χ3n) is 7.29. The van der Waals surface area contributed by atoms with E-state index in [-0.39, 0.29) is 40.7 Å². The molecule has 18 nitrogen and oxygen atoms in total. The fourth-order valence-corrected chi connectivity index (χ4v) is 6.12. The maximum atomic E-state index is 14.0. The van der Waals surface area contributed by atoms with Crippen LogP contribution in [0.5, 0.6) is 11.5 Å². The zero-order chi connectivity index (χ0) is 46.8. The van der Waals surface area contributed by atoms with Gasteiger partial charge in [-0.25, -0.2) is 24.2 Å². The van der Waals surface area contributed by atoms with Crippen LogP contribution < -0.4 is 20.1 Å². The first-order valence-electron chi connectivity index (χ1n) is 19.4. The molecule has 19 heteroatoms. The van der Waals surface area contributed by atoms with Gasteiger partial charge in [-0.1, -0.05) is 24.3 Å². The van der Waals surface area contributed by atoms with Gasteiger partial charge in [0.25, 0.3) is 0 Å². The normalized spacial score (nSPS) is 12.5. The Balaban J connectivity index is 1.82. The van der Waals surface area contributed by atoms with Gasteiger partial charge in [0.2, 0.25) is 5.96 Å². The Bertz CT molecular complexity index is 2170. The Kier molecular flexibility index (Phi) is 16.3. The molecule has 0 bridgehead atoms. The van der Waals surface area contributed by atoms with Crippen LogP contribution in [0.15, 0.2) is 77.8 Å². The molecule has 0 aliphatic heterocycles. The van der Waals surface area contributed by atoms with Crippen molar-refractivity contribution >= 4 is 52.1 Å². The second-order valence-corrected chi connectivity index (χ2v) is 19.5. The van der Waals surface area contributed by atoms with Gasteiger partial charge in [0.1, 0.15) is 39.9 Å². The van der Waals surface area contributed by atoms with Crippen molar-refractivity contribution in [1.82, 2.24) is 19.7 Å². The lowest BCUT2D eigenvalue weighted by Gasteiger charge is -2.29. The van der Waals surface area contributed by atoms with Gasteiger partial charge in [0.05, 0.1) is 17.8 Å². The third-order valence-corrected chi connectivity index (χ3v) is 8.73. The Morgan fingerprint density at radius 2 is 1.11 bits per heavy atom. The minimum absolute atomic E-state index is 0.0297. The molecule has 0 saturated heterocycles. The summed E-state index contributed by atoms with van der Waals surface area (Å²) < 4.78 is 57.7. The summed E-state index contributed by atoms with van der Waals surface area (Å²) in [4.78, 5) is 69.0. The van der Waals surface area contributed by atoms with Gasteiger partial charge in [-0.3, -0.25) is 15.4 Å². The van der Waals surface area contributed by atoms with E-state index in [1.54, 1.807) is 83.1 Å². The van der Waals surface area contributed by atoms with Gasteiger partial charge in [0, 0.05) is 0 Å². The van der Waals surface area contributed by atoms with Crippen LogP contribution in [0.4, 0.5) is 20.1 Å². The molecule has 4 N–H and O–H groups in total. The number of benzene rings is 3. The number of guanidine groups is 1. The number of amides is 3. The highest BCUT2D eigenvalue weighted by atomic mass is 32.2. The molecule has 0 spiro atoms. The molecule has 0 unspecified atom stereocenters. The molecule has 3 amide bonds. The highest BCUT2D eigenvalue weighted by molar-refractivity contribution is 7.87. The number of hydrogen-bond acceptors (Lipinski definition) is 14. The average Bonchev–Trinajstić information content (AvgIpc) is 3.08. The quantitative estimate of drug-likeness (QED) is 0.0492. The fourth-order valence-electron chi connectivity index (χ4n) is 4.90. The Hall–Kier alpha value is -6.21. The van der Waals surface area contributed by atoms with E-state index in [4.69, 9.17) is 23.7 Å². The number of alkyl carbamates (subject to hydrolysis) is 2. The maximum absolute atomic E-state index is 14.0. The van der Waals surface area contributed by atoms with E-state index in [9.17, 15) is 37.5 Å². The molecule has 338 valence electrons. The van der Waals surface area contributed by atoms with Crippen molar-refractivity contribution in [1.29, 1.82) is 0 Å². The minimum atomic E-state index is -4.81. The van der Waals surface area contributed by atoms with Crippen LogP contribution in [0.1, 0.15) is 105 Å². The zero-order valence-corrected chi connectivity index (χ0v) is 37.9. The second kappa shape index (κ2) is 20.1. The summed E-state index contributed by atoms with van der Waals surface area (Å²) in [6.45, 7) is 19.0. The Morgan fingerprint density at radius 3 is 1.58 bits per heavy atom. The number of nitrogens with one attached hydrogen (secondary N) is 3. The number of ether oxygens (including phenoxy) is 5. The van der Waals surface area contributed by atoms with Gasteiger partial charge in [-0.2, -0.15) is 17.4 Å². The number of phenolic OH excluding ortho intramolecular Hbond substituents is 1. The van der Waals surface area contributed by atoms with E-state index in [0.29, 0.717) is 9.87 Å². The van der Waals surface area contributed by atoms with Gasteiger partial charge in [-0.15, -0.1) is 0 Å².